The van der Waals surface area contributed by atoms with E-state index in [0.717, 1.165) is 5.69 Å². The Bertz CT molecular complexity index is 974. The third-order valence-electron chi connectivity index (χ3n) is 3.71. The number of hydrogen-bond donors (Lipinski definition) is 2. The number of halogens is 1. The van der Waals surface area contributed by atoms with Crippen LogP contribution in [0.5, 0.6) is 0 Å². The number of nitrogens with one attached hydrogen (secondary N) is 2. The van der Waals surface area contributed by atoms with Crippen LogP contribution in [-0.2, 0) is 14.1 Å². The molecule has 2 heterocycles. The lowest BCUT2D eigenvalue weighted by atomic mass is 10.2. The zero-order chi connectivity index (χ0) is 18.8. The fraction of sp³-hybridized carbons (Fsp3) is 0.176. The van der Waals surface area contributed by atoms with Crippen LogP contribution in [0.3, 0.4) is 0 Å². The van der Waals surface area contributed by atoms with E-state index in [1.807, 2.05) is 6.92 Å². The van der Waals surface area contributed by atoms with Gasteiger partial charge in [-0.3, -0.25) is 19.0 Å². The van der Waals surface area contributed by atoms with Crippen LogP contribution in [0.15, 0.2) is 41.0 Å². The summed E-state index contributed by atoms with van der Waals surface area (Å²) >= 11 is 3.38. The van der Waals surface area contributed by atoms with Crippen LogP contribution in [-0.4, -0.2) is 31.4 Å². The van der Waals surface area contributed by atoms with Gasteiger partial charge in [-0.05, 0) is 53.2 Å². The first-order valence-electron chi connectivity index (χ1n) is 7.76. The Labute approximate surface area is 158 Å². The van der Waals surface area contributed by atoms with E-state index in [4.69, 9.17) is 0 Å². The molecule has 26 heavy (non-hydrogen) atoms. The Kier molecular flexibility index (Phi) is 4.90. The third kappa shape index (κ3) is 3.67. The van der Waals surface area contributed by atoms with Gasteiger partial charge in [0.2, 0.25) is 0 Å². The molecule has 0 fully saturated rings. The molecule has 0 aliphatic carbocycles. The fourth-order valence-electron chi connectivity index (χ4n) is 2.44. The molecule has 3 aromatic rings. The molecule has 1 aromatic carbocycles. The molecule has 0 spiro atoms. The van der Waals surface area contributed by atoms with Gasteiger partial charge in [0.05, 0.1) is 10.2 Å². The van der Waals surface area contributed by atoms with Gasteiger partial charge in [0.1, 0.15) is 5.69 Å². The molecule has 0 atom stereocenters. The van der Waals surface area contributed by atoms with Gasteiger partial charge in [-0.25, -0.2) is 0 Å². The van der Waals surface area contributed by atoms with Crippen LogP contribution < -0.4 is 10.6 Å². The van der Waals surface area contributed by atoms with Crippen molar-refractivity contribution in [3.8, 4) is 0 Å². The number of amides is 2. The number of nitrogens with zero attached hydrogens (tertiary/aromatic N) is 4. The van der Waals surface area contributed by atoms with Crippen molar-refractivity contribution in [3.63, 3.8) is 0 Å². The van der Waals surface area contributed by atoms with E-state index in [1.165, 1.54) is 4.68 Å². The fourth-order valence-corrected chi connectivity index (χ4v) is 2.95. The summed E-state index contributed by atoms with van der Waals surface area (Å²) in [7, 11) is 3.46. The van der Waals surface area contributed by atoms with Crippen molar-refractivity contribution in [1.82, 2.24) is 19.6 Å². The van der Waals surface area contributed by atoms with Crippen LogP contribution in [0.4, 0.5) is 11.4 Å². The monoisotopic (exact) mass is 416 g/mol. The highest BCUT2D eigenvalue weighted by atomic mass is 79.9. The van der Waals surface area contributed by atoms with Crippen LogP contribution >= 0.6 is 15.9 Å². The molecule has 0 saturated heterocycles. The van der Waals surface area contributed by atoms with Gasteiger partial charge in [-0.1, -0.05) is 0 Å². The van der Waals surface area contributed by atoms with E-state index in [9.17, 15) is 9.59 Å². The van der Waals surface area contributed by atoms with Crippen molar-refractivity contribution in [2.45, 2.75) is 6.92 Å². The third-order valence-corrected chi connectivity index (χ3v) is 4.66. The highest BCUT2D eigenvalue weighted by Gasteiger charge is 2.18. The standard InChI is InChI=1S/C17H17BrN6O2/c1-10-14(18)15(24(3)21-10)17(26)20-12-6-4-11(5-7-12)19-16(25)13-8-9-23(2)22-13/h4-9H,1-3H3,(H,19,25)(H,20,26). The number of rotatable bonds is 4. The predicted molar refractivity (Wildman–Crippen MR) is 101 cm³/mol. The highest BCUT2D eigenvalue weighted by Crippen LogP contribution is 2.22. The molecule has 0 radical (unpaired) electrons. The van der Waals surface area contributed by atoms with Gasteiger partial charge in [-0.2, -0.15) is 10.2 Å². The minimum atomic E-state index is -0.295. The Balaban J connectivity index is 1.68. The number of hydrogen-bond acceptors (Lipinski definition) is 4. The second-order valence-corrected chi connectivity index (χ2v) is 6.52. The molecule has 2 N–H and O–H groups in total. The summed E-state index contributed by atoms with van der Waals surface area (Å²) in [5.74, 6) is -0.568. The SMILES string of the molecule is Cc1nn(C)c(C(=O)Nc2ccc(NC(=O)c3ccn(C)n3)cc2)c1Br. The predicted octanol–water partition coefficient (Wildman–Crippen LogP) is 2.73. The van der Waals surface area contributed by atoms with Crippen molar-refractivity contribution < 1.29 is 9.59 Å². The molecule has 2 amide bonds. The van der Waals surface area contributed by atoms with Crippen molar-refractivity contribution in [2.24, 2.45) is 14.1 Å². The van der Waals surface area contributed by atoms with E-state index in [-0.39, 0.29) is 11.8 Å². The number of carbonyl (C=O) groups excluding carboxylic acids is 2. The van der Waals surface area contributed by atoms with Crippen molar-refractivity contribution in [1.29, 1.82) is 0 Å². The van der Waals surface area contributed by atoms with Gasteiger partial charge in [0.25, 0.3) is 11.8 Å². The lowest BCUT2D eigenvalue weighted by Crippen LogP contribution is -2.17. The van der Waals surface area contributed by atoms with Gasteiger partial charge >= 0.3 is 0 Å². The van der Waals surface area contributed by atoms with E-state index in [0.29, 0.717) is 27.2 Å². The number of aromatic nitrogens is 4. The first kappa shape index (κ1) is 17.9. The number of anilines is 2. The second kappa shape index (κ2) is 7.12. The van der Waals surface area contributed by atoms with E-state index >= 15 is 0 Å². The summed E-state index contributed by atoms with van der Waals surface area (Å²) in [6, 6.07) is 8.48. The minimum Gasteiger partial charge on any atom is -0.321 e. The average Bonchev–Trinajstić information content (AvgIpc) is 3.13. The normalized spacial score (nSPS) is 10.6. The molecule has 0 aliphatic rings. The summed E-state index contributed by atoms with van der Waals surface area (Å²) in [5.41, 5.74) is 2.73. The maximum Gasteiger partial charge on any atom is 0.276 e. The largest absolute Gasteiger partial charge is 0.321 e. The molecule has 0 bridgehead atoms. The lowest BCUT2D eigenvalue weighted by Gasteiger charge is -2.08. The van der Waals surface area contributed by atoms with Gasteiger partial charge in [-0.15, -0.1) is 0 Å². The first-order chi connectivity index (χ1) is 12.3. The van der Waals surface area contributed by atoms with Crippen LogP contribution in [0, 0.1) is 6.92 Å². The molecule has 3 rings (SSSR count). The smallest absolute Gasteiger partial charge is 0.276 e. The quantitative estimate of drug-likeness (QED) is 0.683. The Morgan fingerprint density at radius 1 is 0.962 bits per heavy atom. The average molecular weight is 417 g/mol. The first-order valence-corrected chi connectivity index (χ1v) is 8.56. The maximum atomic E-state index is 12.4. The zero-order valence-electron chi connectivity index (χ0n) is 14.4. The molecule has 0 unspecified atom stereocenters. The molecular weight excluding hydrogens is 400 g/mol. The number of aryl methyl sites for hydroxylation is 3. The zero-order valence-corrected chi connectivity index (χ0v) is 16.0. The minimum absolute atomic E-state index is 0.273. The van der Waals surface area contributed by atoms with Crippen molar-refractivity contribution >= 4 is 39.1 Å². The lowest BCUT2D eigenvalue weighted by molar-refractivity contribution is 0.101. The molecule has 0 saturated carbocycles. The van der Waals surface area contributed by atoms with Crippen LogP contribution in [0.1, 0.15) is 26.7 Å². The maximum absolute atomic E-state index is 12.4. The molecule has 0 aliphatic heterocycles. The second-order valence-electron chi connectivity index (χ2n) is 5.73. The van der Waals surface area contributed by atoms with Crippen LogP contribution in [0.25, 0.3) is 0 Å². The number of carbonyl (C=O) groups is 2. The van der Waals surface area contributed by atoms with E-state index < -0.39 is 0 Å². The summed E-state index contributed by atoms with van der Waals surface area (Å²) in [6.45, 7) is 1.82. The van der Waals surface area contributed by atoms with Gasteiger partial charge in [0, 0.05) is 31.7 Å². The molecule has 9 heteroatoms. The summed E-state index contributed by atoms with van der Waals surface area (Å²) in [5, 5.41) is 13.8. The molecule has 2 aromatic heterocycles. The van der Waals surface area contributed by atoms with Gasteiger partial charge in [0.15, 0.2) is 5.69 Å². The van der Waals surface area contributed by atoms with Crippen molar-refractivity contribution in [2.75, 3.05) is 10.6 Å². The molecule has 8 nitrogen and oxygen atoms in total. The molecule has 134 valence electrons. The summed E-state index contributed by atoms with van der Waals surface area (Å²) < 4.78 is 3.75. The van der Waals surface area contributed by atoms with Gasteiger partial charge < -0.3 is 10.6 Å². The Morgan fingerprint density at radius 2 is 1.54 bits per heavy atom. The van der Waals surface area contributed by atoms with Crippen LogP contribution in [0.2, 0.25) is 0 Å². The van der Waals surface area contributed by atoms with Crippen molar-refractivity contribution in [3.05, 3.63) is 58.1 Å². The Hall–Kier alpha value is -2.94. The highest BCUT2D eigenvalue weighted by molar-refractivity contribution is 9.10. The Morgan fingerprint density at radius 3 is 2.00 bits per heavy atom. The molecular formula is C17H17BrN6O2. The topological polar surface area (TPSA) is 93.8 Å². The summed E-state index contributed by atoms with van der Waals surface area (Å²) in [6.07, 6.45) is 1.70. The summed E-state index contributed by atoms with van der Waals surface area (Å²) in [4.78, 5) is 24.5. The number of benzene rings is 1. The van der Waals surface area contributed by atoms with E-state index in [1.54, 1.807) is 55.3 Å². The van der Waals surface area contributed by atoms with E-state index in [2.05, 4.69) is 36.8 Å².